The van der Waals surface area contributed by atoms with Gasteiger partial charge in [0.05, 0.1) is 6.54 Å². The highest BCUT2D eigenvalue weighted by Crippen LogP contribution is 2.09. The summed E-state index contributed by atoms with van der Waals surface area (Å²) in [6.07, 6.45) is 0.815. The molecule has 3 nitrogen and oxygen atoms in total. The maximum absolute atomic E-state index is 13.6. The van der Waals surface area contributed by atoms with Gasteiger partial charge in [-0.1, -0.05) is 42.5 Å². The topological polar surface area (TPSA) is 32.3 Å². The van der Waals surface area contributed by atoms with Gasteiger partial charge in [-0.3, -0.25) is 9.69 Å². The molecular formula is C19H23FN2O. The first-order chi connectivity index (χ1) is 11.1. The third-order valence-electron chi connectivity index (χ3n) is 3.79. The van der Waals surface area contributed by atoms with Crippen LogP contribution in [0.5, 0.6) is 0 Å². The van der Waals surface area contributed by atoms with Crippen LogP contribution in [0.1, 0.15) is 16.7 Å². The molecule has 2 rings (SSSR count). The van der Waals surface area contributed by atoms with Crippen LogP contribution in [-0.2, 0) is 17.8 Å². The van der Waals surface area contributed by atoms with Crippen molar-refractivity contribution < 1.29 is 9.18 Å². The Bertz CT molecular complexity index is 657. The van der Waals surface area contributed by atoms with Gasteiger partial charge in [0.1, 0.15) is 5.82 Å². The summed E-state index contributed by atoms with van der Waals surface area (Å²) >= 11 is 0. The molecule has 1 N–H and O–H groups in total. The largest absolute Gasteiger partial charge is 0.355 e. The van der Waals surface area contributed by atoms with E-state index in [4.69, 9.17) is 0 Å². The maximum atomic E-state index is 13.6. The fraction of sp³-hybridized carbons (Fsp3) is 0.316. The van der Waals surface area contributed by atoms with Gasteiger partial charge in [-0.2, -0.15) is 0 Å². The van der Waals surface area contributed by atoms with Crippen molar-refractivity contribution in [1.82, 2.24) is 10.2 Å². The molecule has 0 saturated carbocycles. The summed E-state index contributed by atoms with van der Waals surface area (Å²) in [4.78, 5) is 13.8. The number of carbonyl (C=O) groups excluding carboxylic acids is 1. The minimum absolute atomic E-state index is 0.0441. The first-order valence-electron chi connectivity index (χ1n) is 7.79. The molecule has 1 amide bonds. The molecule has 0 saturated heterocycles. The van der Waals surface area contributed by atoms with E-state index >= 15 is 0 Å². The second-order valence-corrected chi connectivity index (χ2v) is 5.79. The Balaban J connectivity index is 1.74. The molecule has 0 spiro atoms. The van der Waals surface area contributed by atoms with Crippen molar-refractivity contribution in [2.75, 3.05) is 20.1 Å². The number of hydrogen-bond donors (Lipinski definition) is 1. The van der Waals surface area contributed by atoms with Gasteiger partial charge in [0.25, 0.3) is 0 Å². The van der Waals surface area contributed by atoms with E-state index in [1.54, 1.807) is 18.2 Å². The smallest absolute Gasteiger partial charge is 0.234 e. The summed E-state index contributed by atoms with van der Waals surface area (Å²) < 4.78 is 13.6. The summed E-state index contributed by atoms with van der Waals surface area (Å²) in [6.45, 7) is 3.34. The summed E-state index contributed by atoms with van der Waals surface area (Å²) in [7, 11) is 1.81. The van der Waals surface area contributed by atoms with Crippen molar-refractivity contribution in [3.8, 4) is 0 Å². The third kappa shape index (κ3) is 5.49. The van der Waals surface area contributed by atoms with Crippen LogP contribution in [0.15, 0.2) is 48.5 Å². The zero-order valence-electron chi connectivity index (χ0n) is 13.7. The molecule has 4 heteroatoms. The summed E-state index contributed by atoms with van der Waals surface area (Å²) in [6, 6.07) is 14.8. The van der Waals surface area contributed by atoms with E-state index in [0.29, 0.717) is 18.7 Å². The van der Waals surface area contributed by atoms with Crippen molar-refractivity contribution in [2.45, 2.75) is 19.9 Å². The molecule has 0 unspecified atom stereocenters. The highest BCUT2D eigenvalue weighted by atomic mass is 19.1. The molecule has 0 aliphatic rings. The van der Waals surface area contributed by atoms with Crippen molar-refractivity contribution >= 4 is 5.91 Å². The zero-order chi connectivity index (χ0) is 16.7. The normalized spacial score (nSPS) is 10.8. The molecule has 0 fully saturated rings. The van der Waals surface area contributed by atoms with Gasteiger partial charge in [0, 0.05) is 18.7 Å². The second kappa shape index (κ2) is 8.44. The number of aryl methyl sites for hydroxylation is 1. The van der Waals surface area contributed by atoms with Gasteiger partial charge in [0.15, 0.2) is 0 Å². The molecular weight excluding hydrogens is 291 g/mol. The summed E-state index contributed by atoms with van der Waals surface area (Å²) in [5.41, 5.74) is 3.08. The molecule has 23 heavy (non-hydrogen) atoms. The monoisotopic (exact) mass is 314 g/mol. The Kier molecular flexibility index (Phi) is 6.29. The van der Waals surface area contributed by atoms with Crippen LogP contribution in [0.2, 0.25) is 0 Å². The molecule has 0 aliphatic heterocycles. The molecule has 0 heterocycles. The van der Waals surface area contributed by atoms with Crippen LogP contribution in [0.25, 0.3) is 0 Å². The Morgan fingerprint density at radius 2 is 1.74 bits per heavy atom. The predicted octanol–water partition coefficient (Wildman–Crippen LogP) is 2.92. The summed E-state index contributed by atoms with van der Waals surface area (Å²) in [5, 5.41) is 2.92. The lowest BCUT2D eigenvalue weighted by Crippen LogP contribution is -2.36. The quantitative estimate of drug-likeness (QED) is 0.852. The van der Waals surface area contributed by atoms with Gasteiger partial charge >= 0.3 is 0 Å². The lowest BCUT2D eigenvalue weighted by molar-refractivity contribution is -0.122. The van der Waals surface area contributed by atoms with Gasteiger partial charge in [-0.25, -0.2) is 4.39 Å². The third-order valence-corrected chi connectivity index (χ3v) is 3.79. The van der Waals surface area contributed by atoms with E-state index in [-0.39, 0.29) is 18.3 Å². The standard InChI is InChI=1S/C19H23FN2O/c1-15-7-3-4-8-16(15)11-12-21-19(23)14-22(2)13-17-9-5-6-10-18(17)20/h3-10H,11-14H2,1-2H3,(H,21,23). The van der Waals surface area contributed by atoms with Crippen LogP contribution < -0.4 is 5.32 Å². The van der Waals surface area contributed by atoms with Crippen molar-refractivity contribution in [2.24, 2.45) is 0 Å². The van der Waals surface area contributed by atoms with Crippen LogP contribution >= 0.6 is 0 Å². The van der Waals surface area contributed by atoms with Gasteiger partial charge in [0.2, 0.25) is 5.91 Å². The Morgan fingerprint density at radius 3 is 2.43 bits per heavy atom. The number of benzene rings is 2. The van der Waals surface area contributed by atoms with Crippen LogP contribution in [-0.4, -0.2) is 30.9 Å². The predicted molar refractivity (Wildman–Crippen MR) is 90.6 cm³/mol. The molecule has 0 atom stereocenters. The number of carbonyl (C=O) groups is 1. The Labute approximate surface area is 137 Å². The first-order valence-corrected chi connectivity index (χ1v) is 7.79. The fourth-order valence-electron chi connectivity index (χ4n) is 2.50. The molecule has 0 aromatic heterocycles. The highest BCUT2D eigenvalue weighted by molar-refractivity contribution is 5.77. The molecule has 2 aromatic rings. The number of nitrogens with one attached hydrogen (secondary N) is 1. The van der Waals surface area contributed by atoms with Crippen molar-refractivity contribution in [3.63, 3.8) is 0 Å². The van der Waals surface area contributed by atoms with E-state index in [1.165, 1.54) is 17.2 Å². The maximum Gasteiger partial charge on any atom is 0.234 e. The molecule has 0 radical (unpaired) electrons. The van der Waals surface area contributed by atoms with E-state index in [9.17, 15) is 9.18 Å². The van der Waals surface area contributed by atoms with E-state index in [2.05, 4.69) is 24.4 Å². The number of hydrogen-bond acceptors (Lipinski definition) is 2. The number of halogens is 1. The molecule has 0 bridgehead atoms. The Hall–Kier alpha value is -2.20. The number of likely N-dealkylation sites (N-methyl/N-ethyl adjacent to an activating group) is 1. The van der Waals surface area contributed by atoms with Crippen molar-refractivity contribution in [3.05, 3.63) is 71.0 Å². The van der Waals surface area contributed by atoms with E-state index in [0.717, 1.165) is 6.42 Å². The van der Waals surface area contributed by atoms with Crippen LogP contribution in [0, 0.1) is 12.7 Å². The Morgan fingerprint density at radius 1 is 1.09 bits per heavy atom. The number of amides is 1. The zero-order valence-corrected chi connectivity index (χ0v) is 13.7. The molecule has 2 aromatic carbocycles. The van der Waals surface area contributed by atoms with Crippen molar-refractivity contribution in [1.29, 1.82) is 0 Å². The first kappa shape index (κ1) is 17.2. The SMILES string of the molecule is Cc1ccccc1CCNC(=O)CN(C)Cc1ccccc1F. The fourth-order valence-corrected chi connectivity index (χ4v) is 2.50. The minimum atomic E-state index is -0.237. The average molecular weight is 314 g/mol. The molecule has 122 valence electrons. The minimum Gasteiger partial charge on any atom is -0.355 e. The van der Waals surface area contributed by atoms with E-state index < -0.39 is 0 Å². The van der Waals surface area contributed by atoms with Crippen LogP contribution in [0.3, 0.4) is 0 Å². The highest BCUT2D eigenvalue weighted by Gasteiger charge is 2.09. The lowest BCUT2D eigenvalue weighted by Gasteiger charge is -2.17. The van der Waals surface area contributed by atoms with Gasteiger partial charge < -0.3 is 5.32 Å². The number of nitrogens with zero attached hydrogens (tertiary/aromatic N) is 1. The van der Waals surface area contributed by atoms with Gasteiger partial charge in [-0.05, 0) is 37.6 Å². The second-order valence-electron chi connectivity index (χ2n) is 5.79. The van der Waals surface area contributed by atoms with Crippen LogP contribution in [0.4, 0.5) is 4.39 Å². The van der Waals surface area contributed by atoms with E-state index in [1.807, 2.05) is 24.1 Å². The summed E-state index contributed by atoms with van der Waals surface area (Å²) in [5.74, 6) is -0.281. The average Bonchev–Trinajstić information content (AvgIpc) is 2.51. The number of rotatable bonds is 7. The lowest BCUT2D eigenvalue weighted by atomic mass is 10.1. The molecule has 0 aliphatic carbocycles. The van der Waals surface area contributed by atoms with Gasteiger partial charge in [-0.15, -0.1) is 0 Å².